The van der Waals surface area contributed by atoms with Gasteiger partial charge in [-0.15, -0.1) is 5.73 Å². The zero-order valence-corrected chi connectivity index (χ0v) is 9.61. The van der Waals surface area contributed by atoms with Crippen LogP contribution in [0.15, 0.2) is 36.6 Å². The number of aliphatic hydroxyl groups is 1. The van der Waals surface area contributed by atoms with E-state index in [9.17, 15) is 10.2 Å². The normalized spacial score (nSPS) is 11.9. The molecular weight excluding hydrogens is 200 g/mol. The summed E-state index contributed by atoms with van der Waals surface area (Å²) in [6.07, 6.45) is 1.79. The Morgan fingerprint density at radius 1 is 1.44 bits per heavy atom. The minimum Gasteiger partial charge on any atom is -0.507 e. The second-order valence-electron chi connectivity index (χ2n) is 3.77. The number of benzene rings is 1. The molecule has 0 amide bonds. The largest absolute Gasteiger partial charge is 0.507 e. The summed E-state index contributed by atoms with van der Waals surface area (Å²) in [5.41, 5.74) is 4.44. The summed E-state index contributed by atoms with van der Waals surface area (Å²) in [5.74, 6) is 0.236. The molecule has 86 valence electrons. The molecule has 0 fully saturated rings. The van der Waals surface area contributed by atoms with E-state index in [1.807, 2.05) is 19.1 Å². The summed E-state index contributed by atoms with van der Waals surface area (Å²) in [6, 6.07) is 7.12. The molecule has 1 aromatic rings. The maximum Gasteiger partial charge on any atom is 0.123 e. The summed E-state index contributed by atoms with van der Waals surface area (Å²) < 4.78 is 0. The average molecular weight is 218 g/mol. The molecule has 1 rings (SSSR count). The number of rotatable bonds is 5. The van der Waals surface area contributed by atoms with Gasteiger partial charge in [-0.2, -0.15) is 0 Å². The topological polar surface area (TPSA) is 40.5 Å². The third kappa shape index (κ3) is 3.27. The third-order valence-corrected chi connectivity index (χ3v) is 2.64. The van der Waals surface area contributed by atoms with Crippen molar-refractivity contribution in [1.29, 1.82) is 0 Å². The van der Waals surface area contributed by atoms with Crippen LogP contribution in [0.2, 0.25) is 0 Å². The highest BCUT2D eigenvalue weighted by Gasteiger charge is 2.08. The Morgan fingerprint density at radius 2 is 2.12 bits per heavy atom. The predicted octanol–water partition coefficient (Wildman–Crippen LogP) is 3.11. The summed E-state index contributed by atoms with van der Waals surface area (Å²) in [4.78, 5) is 0. The number of phenolic OH excluding ortho intramolecular Hbond substituents is 1. The minimum atomic E-state index is -0.297. The van der Waals surface area contributed by atoms with Crippen molar-refractivity contribution < 1.29 is 10.2 Å². The van der Waals surface area contributed by atoms with E-state index in [0.29, 0.717) is 12.8 Å². The first-order valence-corrected chi connectivity index (χ1v) is 5.54. The highest BCUT2D eigenvalue weighted by atomic mass is 16.3. The average Bonchev–Trinajstić information content (AvgIpc) is 2.31. The van der Waals surface area contributed by atoms with E-state index in [1.165, 1.54) is 0 Å². The van der Waals surface area contributed by atoms with Crippen LogP contribution < -0.4 is 0 Å². The van der Waals surface area contributed by atoms with Crippen molar-refractivity contribution in [2.45, 2.75) is 32.3 Å². The first kappa shape index (κ1) is 12.6. The lowest BCUT2D eigenvalue weighted by atomic mass is 9.99. The van der Waals surface area contributed by atoms with Gasteiger partial charge in [0.2, 0.25) is 0 Å². The SMILES string of the molecule is C=C=C(CCC(O)CC)c1ccccc1O. The third-order valence-electron chi connectivity index (χ3n) is 2.64. The summed E-state index contributed by atoms with van der Waals surface area (Å²) in [5, 5.41) is 19.2. The van der Waals surface area contributed by atoms with Crippen LogP contribution in [-0.2, 0) is 0 Å². The smallest absolute Gasteiger partial charge is 0.123 e. The van der Waals surface area contributed by atoms with Crippen molar-refractivity contribution in [3.8, 4) is 5.75 Å². The molecule has 16 heavy (non-hydrogen) atoms. The van der Waals surface area contributed by atoms with Gasteiger partial charge < -0.3 is 10.2 Å². The first-order valence-electron chi connectivity index (χ1n) is 5.54. The zero-order valence-electron chi connectivity index (χ0n) is 9.61. The second kappa shape index (κ2) is 6.16. The van der Waals surface area contributed by atoms with Gasteiger partial charge >= 0.3 is 0 Å². The standard InChI is InChI=1S/C14H18O2/c1-3-11(9-10-12(15)4-2)13-7-5-6-8-14(13)16/h5-8,12,15-16H,1,4,9-10H2,2H3. The van der Waals surface area contributed by atoms with Gasteiger partial charge in [0.15, 0.2) is 0 Å². The van der Waals surface area contributed by atoms with Gasteiger partial charge in [0, 0.05) is 11.1 Å². The lowest BCUT2D eigenvalue weighted by Gasteiger charge is -2.10. The van der Waals surface area contributed by atoms with Gasteiger partial charge in [-0.05, 0) is 25.3 Å². The molecule has 0 spiro atoms. The van der Waals surface area contributed by atoms with Crippen molar-refractivity contribution >= 4 is 5.57 Å². The van der Waals surface area contributed by atoms with Gasteiger partial charge in [0.1, 0.15) is 5.75 Å². The van der Waals surface area contributed by atoms with Gasteiger partial charge in [0.05, 0.1) is 6.10 Å². The molecule has 0 aliphatic carbocycles. The predicted molar refractivity (Wildman–Crippen MR) is 66.2 cm³/mol. The molecule has 2 N–H and O–H groups in total. The van der Waals surface area contributed by atoms with E-state index < -0.39 is 0 Å². The fourth-order valence-corrected chi connectivity index (χ4v) is 1.56. The molecule has 0 aliphatic heterocycles. The Hall–Kier alpha value is -1.50. The number of allylic oxidation sites excluding steroid dienone is 1. The van der Waals surface area contributed by atoms with Crippen LogP contribution >= 0.6 is 0 Å². The number of para-hydroxylation sites is 1. The number of aliphatic hydroxyl groups excluding tert-OH is 1. The molecule has 0 heterocycles. The molecule has 1 unspecified atom stereocenters. The van der Waals surface area contributed by atoms with E-state index in [4.69, 9.17) is 0 Å². The van der Waals surface area contributed by atoms with E-state index in [1.54, 1.807) is 12.1 Å². The number of aromatic hydroxyl groups is 1. The van der Waals surface area contributed by atoms with E-state index in [2.05, 4.69) is 12.3 Å². The summed E-state index contributed by atoms with van der Waals surface area (Å²) in [7, 11) is 0. The lowest BCUT2D eigenvalue weighted by molar-refractivity contribution is 0.162. The van der Waals surface area contributed by atoms with Crippen molar-refractivity contribution in [2.75, 3.05) is 0 Å². The fourth-order valence-electron chi connectivity index (χ4n) is 1.56. The monoisotopic (exact) mass is 218 g/mol. The fraction of sp³-hybridized carbons (Fsp3) is 0.357. The lowest BCUT2D eigenvalue weighted by Crippen LogP contribution is -2.03. The Kier molecular flexibility index (Phi) is 4.84. The van der Waals surface area contributed by atoms with Gasteiger partial charge in [-0.25, -0.2) is 0 Å². The van der Waals surface area contributed by atoms with Crippen LogP contribution in [0, 0.1) is 0 Å². The summed E-state index contributed by atoms with van der Waals surface area (Å²) >= 11 is 0. The Balaban J connectivity index is 2.77. The molecule has 0 aliphatic rings. The Labute approximate surface area is 96.6 Å². The van der Waals surface area contributed by atoms with Crippen molar-refractivity contribution in [3.05, 3.63) is 42.1 Å². The van der Waals surface area contributed by atoms with Crippen LogP contribution in [0.25, 0.3) is 5.57 Å². The molecule has 0 radical (unpaired) electrons. The van der Waals surface area contributed by atoms with Crippen LogP contribution in [0.5, 0.6) is 5.75 Å². The molecule has 0 saturated heterocycles. The number of hydrogen-bond donors (Lipinski definition) is 2. The van der Waals surface area contributed by atoms with Crippen molar-refractivity contribution in [2.24, 2.45) is 0 Å². The number of hydrogen-bond acceptors (Lipinski definition) is 2. The highest BCUT2D eigenvalue weighted by molar-refractivity contribution is 5.69. The molecule has 2 heteroatoms. The Morgan fingerprint density at radius 3 is 2.69 bits per heavy atom. The van der Waals surface area contributed by atoms with Gasteiger partial charge in [-0.1, -0.05) is 31.7 Å². The van der Waals surface area contributed by atoms with E-state index in [0.717, 1.165) is 17.6 Å². The molecule has 0 saturated carbocycles. The first-order chi connectivity index (χ1) is 7.69. The van der Waals surface area contributed by atoms with Crippen LogP contribution in [0.4, 0.5) is 0 Å². The van der Waals surface area contributed by atoms with Crippen molar-refractivity contribution in [1.82, 2.24) is 0 Å². The molecule has 0 aromatic heterocycles. The maximum atomic E-state index is 9.68. The summed E-state index contributed by atoms with van der Waals surface area (Å²) in [6.45, 7) is 5.57. The van der Waals surface area contributed by atoms with Crippen LogP contribution in [0.1, 0.15) is 31.7 Å². The van der Waals surface area contributed by atoms with Crippen LogP contribution in [-0.4, -0.2) is 16.3 Å². The van der Waals surface area contributed by atoms with Gasteiger partial charge in [-0.3, -0.25) is 0 Å². The quantitative estimate of drug-likeness (QED) is 0.745. The Bertz CT molecular complexity index is 389. The molecule has 0 bridgehead atoms. The van der Waals surface area contributed by atoms with Crippen molar-refractivity contribution in [3.63, 3.8) is 0 Å². The zero-order chi connectivity index (χ0) is 12.0. The van der Waals surface area contributed by atoms with E-state index in [-0.39, 0.29) is 11.9 Å². The second-order valence-corrected chi connectivity index (χ2v) is 3.77. The molecule has 2 nitrogen and oxygen atoms in total. The maximum absolute atomic E-state index is 9.68. The minimum absolute atomic E-state index is 0.236. The molecular formula is C14H18O2. The molecule has 1 aromatic carbocycles. The number of phenols is 1. The molecule has 1 atom stereocenters. The highest BCUT2D eigenvalue weighted by Crippen LogP contribution is 2.27. The van der Waals surface area contributed by atoms with E-state index >= 15 is 0 Å². The van der Waals surface area contributed by atoms with Gasteiger partial charge in [0.25, 0.3) is 0 Å². The van der Waals surface area contributed by atoms with Crippen LogP contribution in [0.3, 0.4) is 0 Å².